The molecule has 0 atom stereocenters. The first kappa shape index (κ1) is 20.1. The largest absolute Gasteiger partial charge is 0.361 e. The predicted octanol–water partition coefficient (Wildman–Crippen LogP) is 4.37. The number of hydrogen-bond donors (Lipinski definition) is 4. The van der Waals surface area contributed by atoms with Crippen molar-refractivity contribution in [1.29, 1.82) is 0 Å². The summed E-state index contributed by atoms with van der Waals surface area (Å²) < 4.78 is 14.0. The highest BCUT2D eigenvalue weighted by atomic mass is 19.1. The van der Waals surface area contributed by atoms with Gasteiger partial charge in [-0.05, 0) is 42.8 Å². The van der Waals surface area contributed by atoms with Gasteiger partial charge in [-0.3, -0.25) is 9.59 Å². The zero-order chi connectivity index (χ0) is 22.0. The first-order chi connectivity index (χ1) is 15.0. The summed E-state index contributed by atoms with van der Waals surface area (Å²) in [6.07, 6.45) is 3.06. The van der Waals surface area contributed by atoms with Crippen molar-refractivity contribution in [3.8, 4) is 0 Å². The molecule has 156 valence electrons. The van der Waals surface area contributed by atoms with Crippen LogP contribution in [0.25, 0.3) is 10.9 Å². The third kappa shape index (κ3) is 4.09. The lowest BCUT2D eigenvalue weighted by molar-refractivity contribution is 0.0961. The molecule has 0 fully saturated rings. The molecule has 0 aliphatic rings. The Kier molecular flexibility index (Phi) is 5.36. The summed E-state index contributed by atoms with van der Waals surface area (Å²) in [5.41, 5.74) is 3.04. The molecular weight excluding hydrogens is 397 g/mol. The van der Waals surface area contributed by atoms with Gasteiger partial charge in [-0.2, -0.15) is 0 Å². The number of anilines is 3. The van der Waals surface area contributed by atoms with Gasteiger partial charge in [0.05, 0.1) is 16.8 Å². The molecule has 7 nitrogen and oxygen atoms in total. The summed E-state index contributed by atoms with van der Waals surface area (Å²) in [5, 5.41) is 9.08. The summed E-state index contributed by atoms with van der Waals surface area (Å²) in [6.45, 7) is 1.94. The van der Waals surface area contributed by atoms with Gasteiger partial charge >= 0.3 is 0 Å². The van der Waals surface area contributed by atoms with E-state index in [1.807, 2.05) is 31.2 Å². The van der Waals surface area contributed by atoms with E-state index < -0.39 is 11.7 Å². The van der Waals surface area contributed by atoms with E-state index >= 15 is 0 Å². The first-order valence-corrected chi connectivity index (χ1v) is 9.59. The van der Waals surface area contributed by atoms with E-state index in [-0.39, 0.29) is 17.0 Å². The number of carbonyl (C=O) groups is 2. The van der Waals surface area contributed by atoms with Crippen molar-refractivity contribution in [2.75, 3.05) is 17.7 Å². The van der Waals surface area contributed by atoms with Crippen LogP contribution in [0.2, 0.25) is 0 Å². The molecule has 31 heavy (non-hydrogen) atoms. The fourth-order valence-corrected chi connectivity index (χ4v) is 3.28. The third-order valence-electron chi connectivity index (χ3n) is 4.90. The second-order valence-corrected chi connectivity index (χ2v) is 6.99. The zero-order valence-corrected chi connectivity index (χ0v) is 16.9. The molecule has 0 bridgehead atoms. The summed E-state index contributed by atoms with van der Waals surface area (Å²) in [6, 6.07) is 13.3. The van der Waals surface area contributed by atoms with Crippen LogP contribution in [-0.4, -0.2) is 28.8 Å². The molecule has 4 N–H and O–H groups in total. The molecule has 2 amide bonds. The number of benzene rings is 2. The molecule has 0 saturated heterocycles. The molecule has 2 aromatic carbocycles. The van der Waals surface area contributed by atoms with Crippen LogP contribution in [0.4, 0.5) is 21.6 Å². The number of H-pyrrole nitrogens is 1. The molecule has 0 aliphatic carbocycles. The van der Waals surface area contributed by atoms with Crippen molar-refractivity contribution in [3.63, 3.8) is 0 Å². The van der Waals surface area contributed by atoms with Crippen LogP contribution in [0.3, 0.4) is 0 Å². The molecule has 4 rings (SSSR count). The molecular formula is C23H20FN5O2. The maximum atomic E-state index is 14.0. The second-order valence-electron chi connectivity index (χ2n) is 6.99. The van der Waals surface area contributed by atoms with Crippen LogP contribution in [0.5, 0.6) is 0 Å². The molecule has 0 unspecified atom stereocenters. The van der Waals surface area contributed by atoms with Crippen LogP contribution in [0.15, 0.2) is 60.9 Å². The van der Waals surface area contributed by atoms with E-state index in [4.69, 9.17) is 0 Å². The number of hydrogen-bond acceptors (Lipinski definition) is 4. The van der Waals surface area contributed by atoms with Crippen molar-refractivity contribution < 1.29 is 14.0 Å². The fraction of sp³-hybridized carbons (Fsp3) is 0.0870. The van der Waals surface area contributed by atoms with E-state index in [0.29, 0.717) is 22.4 Å². The predicted molar refractivity (Wildman–Crippen MR) is 118 cm³/mol. The van der Waals surface area contributed by atoms with Crippen LogP contribution >= 0.6 is 0 Å². The van der Waals surface area contributed by atoms with Crippen molar-refractivity contribution in [1.82, 2.24) is 15.3 Å². The normalized spacial score (nSPS) is 10.7. The number of para-hydroxylation sites is 1. The Morgan fingerprint density at radius 1 is 1.03 bits per heavy atom. The molecule has 0 spiro atoms. The Morgan fingerprint density at radius 3 is 2.61 bits per heavy atom. The van der Waals surface area contributed by atoms with Gasteiger partial charge in [0, 0.05) is 36.0 Å². The quantitative estimate of drug-likeness (QED) is 0.388. The monoisotopic (exact) mass is 417 g/mol. The minimum absolute atomic E-state index is 0.170. The molecule has 0 aliphatic heterocycles. The van der Waals surface area contributed by atoms with Gasteiger partial charge in [-0.25, -0.2) is 9.37 Å². The van der Waals surface area contributed by atoms with Crippen LogP contribution in [-0.2, 0) is 0 Å². The minimum Gasteiger partial charge on any atom is -0.361 e. The Balaban J connectivity index is 1.74. The van der Waals surface area contributed by atoms with Crippen molar-refractivity contribution in [2.45, 2.75) is 6.92 Å². The Labute approximate surface area is 177 Å². The molecule has 0 saturated carbocycles. The highest BCUT2D eigenvalue weighted by Gasteiger charge is 2.17. The Bertz CT molecular complexity index is 1300. The average Bonchev–Trinajstić information content (AvgIpc) is 3.23. The van der Waals surface area contributed by atoms with Gasteiger partial charge in [-0.15, -0.1) is 0 Å². The lowest BCUT2D eigenvalue weighted by Gasteiger charge is -2.15. The van der Waals surface area contributed by atoms with Crippen LogP contribution < -0.4 is 16.0 Å². The number of rotatable bonds is 5. The highest BCUT2D eigenvalue weighted by molar-refractivity contribution is 6.13. The number of nitrogens with zero attached hydrogens (tertiary/aromatic N) is 1. The maximum Gasteiger partial charge on any atom is 0.256 e. The van der Waals surface area contributed by atoms with Gasteiger partial charge in [-0.1, -0.05) is 18.2 Å². The molecule has 4 aromatic rings. The summed E-state index contributed by atoms with van der Waals surface area (Å²) in [7, 11) is 1.51. The average molecular weight is 417 g/mol. The minimum atomic E-state index is -0.532. The number of nitrogens with one attached hydrogen (secondary N) is 4. The third-order valence-corrected chi connectivity index (χ3v) is 4.90. The second kappa shape index (κ2) is 8.27. The fourth-order valence-electron chi connectivity index (χ4n) is 3.28. The number of halogens is 1. The number of amides is 2. The van der Waals surface area contributed by atoms with Gasteiger partial charge in [0.2, 0.25) is 0 Å². The number of fused-ring (bicyclic) bond motifs is 1. The van der Waals surface area contributed by atoms with Crippen LogP contribution in [0.1, 0.15) is 26.3 Å². The van der Waals surface area contributed by atoms with Crippen molar-refractivity contribution in [3.05, 3.63) is 83.4 Å². The van der Waals surface area contributed by atoms with E-state index in [2.05, 4.69) is 25.9 Å². The van der Waals surface area contributed by atoms with Gasteiger partial charge in [0.1, 0.15) is 5.82 Å². The Morgan fingerprint density at radius 2 is 1.84 bits per heavy atom. The molecule has 2 aromatic heterocycles. The Hall–Kier alpha value is -4.20. The molecule has 0 radical (unpaired) electrons. The van der Waals surface area contributed by atoms with E-state index in [0.717, 1.165) is 11.3 Å². The summed E-state index contributed by atoms with van der Waals surface area (Å²) in [4.78, 5) is 32.4. The van der Waals surface area contributed by atoms with Crippen LogP contribution in [0, 0.1) is 12.7 Å². The summed E-state index contributed by atoms with van der Waals surface area (Å²) >= 11 is 0. The molecule has 8 heteroatoms. The lowest BCUT2D eigenvalue weighted by Crippen LogP contribution is -2.20. The standard InChI is InChI=1S/C23H20FN5O2/c1-13-5-3-4-6-18(13)28-21-20(9-14(12-27-21)22(30)25-2)29-23(31)17-10-15(24)11-19-16(17)7-8-26-19/h3-12,26H,1-2H3,(H,25,30)(H,27,28)(H,29,31). The number of aromatic nitrogens is 2. The lowest BCUT2D eigenvalue weighted by atomic mass is 10.1. The van der Waals surface area contributed by atoms with Crippen molar-refractivity contribution in [2.24, 2.45) is 0 Å². The van der Waals surface area contributed by atoms with Gasteiger partial charge in [0.15, 0.2) is 5.82 Å². The first-order valence-electron chi connectivity index (χ1n) is 9.59. The number of aryl methyl sites for hydroxylation is 1. The maximum absolute atomic E-state index is 14.0. The number of carbonyl (C=O) groups excluding carboxylic acids is 2. The van der Waals surface area contributed by atoms with E-state index in [9.17, 15) is 14.0 Å². The number of aromatic amines is 1. The zero-order valence-electron chi connectivity index (χ0n) is 16.9. The van der Waals surface area contributed by atoms with Gasteiger partial charge in [0.25, 0.3) is 11.8 Å². The van der Waals surface area contributed by atoms with E-state index in [1.54, 1.807) is 12.3 Å². The highest BCUT2D eigenvalue weighted by Crippen LogP contribution is 2.28. The topological polar surface area (TPSA) is 98.9 Å². The number of pyridine rings is 1. The van der Waals surface area contributed by atoms with Crippen molar-refractivity contribution >= 4 is 39.9 Å². The molecule has 2 heterocycles. The SMILES string of the molecule is CNC(=O)c1cnc(Nc2ccccc2C)c(NC(=O)c2cc(F)cc3[nH]ccc23)c1. The smallest absolute Gasteiger partial charge is 0.256 e. The summed E-state index contributed by atoms with van der Waals surface area (Å²) in [5.74, 6) is -1.04. The van der Waals surface area contributed by atoms with E-state index in [1.165, 1.54) is 31.4 Å². The van der Waals surface area contributed by atoms with Gasteiger partial charge < -0.3 is 20.9 Å².